The lowest BCUT2D eigenvalue weighted by Crippen LogP contribution is -2.37. The van der Waals surface area contributed by atoms with Gasteiger partial charge in [-0.25, -0.2) is 4.79 Å². The van der Waals surface area contributed by atoms with Gasteiger partial charge in [-0.05, 0) is 102 Å². The maximum Gasteiger partial charge on any atom is 0.336 e. The fourth-order valence-electron chi connectivity index (χ4n) is 5.86. The second kappa shape index (κ2) is 10.6. The van der Waals surface area contributed by atoms with Crippen molar-refractivity contribution in [3.05, 3.63) is 100 Å². The smallest absolute Gasteiger partial charge is 0.336 e. The van der Waals surface area contributed by atoms with Crippen molar-refractivity contribution in [2.24, 2.45) is 5.92 Å². The van der Waals surface area contributed by atoms with Crippen LogP contribution in [0.5, 0.6) is 0 Å². The fraction of sp³-hybridized carbons (Fsp3) is 0.364. The minimum atomic E-state index is -0.905. The number of aliphatic hydroxyl groups excluding tert-OH is 1. The molecule has 3 unspecified atom stereocenters. The number of aromatic carboxylic acids is 1. The molecule has 4 nitrogen and oxygen atoms in total. The second-order valence-corrected chi connectivity index (χ2v) is 11.0. The van der Waals surface area contributed by atoms with Gasteiger partial charge in [-0.3, -0.25) is 5.32 Å². The molecule has 0 aliphatic heterocycles. The van der Waals surface area contributed by atoms with Crippen LogP contribution < -0.4 is 5.32 Å². The Morgan fingerprint density at radius 2 is 1.73 bits per heavy atom. The summed E-state index contributed by atoms with van der Waals surface area (Å²) in [4.78, 5) is 11.7. The van der Waals surface area contributed by atoms with E-state index in [1.165, 1.54) is 34.3 Å². The highest BCUT2D eigenvalue weighted by atomic mass is 16.4. The van der Waals surface area contributed by atoms with Gasteiger partial charge in [-0.15, -0.1) is 0 Å². The predicted octanol–water partition coefficient (Wildman–Crippen LogP) is 7.34. The number of benzene rings is 3. The number of allylic oxidation sites excluding steroid dienone is 2. The molecule has 0 aromatic heterocycles. The van der Waals surface area contributed by atoms with E-state index in [4.69, 9.17) is 0 Å². The van der Waals surface area contributed by atoms with Gasteiger partial charge in [-0.1, -0.05) is 73.5 Å². The summed E-state index contributed by atoms with van der Waals surface area (Å²) < 4.78 is 0. The molecule has 0 bridgehead atoms. The molecule has 0 heterocycles. The summed E-state index contributed by atoms with van der Waals surface area (Å²) >= 11 is 0. The molecule has 192 valence electrons. The van der Waals surface area contributed by atoms with Crippen molar-refractivity contribution in [1.82, 2.24) is 5.32 Å². The molecule has 2 aliphatic rings. The van der Waals surface area contributed by atoms with Crippen LogP contribution in [0, 0.1) is 5.92 Å². The summed E-state index contributed by atoms with van der Waals surface area (Å²) in [6.07, 6.45) is 4.90. The molecule has 0 amide bonds. The molecule has 0 saturated heterocycles. The molecule has 1 saturated carbocycles. The van der Waals surface area contributed by atoms with Gasteiger partial charge >= 0.3 is 5.97 Å². The number of carboxylic acid groups (broad SMARTS) is 1. The lowest BCUT2D eigenvalue weighted by molar-refractivity contribution is 0.0697. The zero-order valence-corrected chi connectivity index (χ0v) is 22.0. The molecular formula is C33H37NO3. The van der Waals surface area contributed by atoms with Gasteiger partial charge in [0.1, 0.15) is 6.23 Å². The highest BCUT2D eigenvalue weighted by Crippen LogP contribution is 2.42. The maximum atomic E-state index is 11.7. The number of hydrogen-bond acceptors (Lipinski definition) is 3. The summed E-state index contributed by atoms with van der Waals surface area (Å²) in [6, 6.07) is 22.5. The van der Waals surface area contributed by atoms with Gasteiger partial charge in [0.05, 0.1) is 5.56 Å². The third kappa shape index (κ3) is 5.27. The van der Waals surface area contributed by atoms with Crippen molar-refractivity contribution in [2.45, 2.75) is 71.1 Å². The number of aliphatic hydroxyl groups is 1. The van der Waals surface area contributed by atoms with Gasteiger partial charge < -0.3 is 10.2 Å². The standard InChI is InChI=1S/C33H37NO3/c1-20-17-26(18-23-11-13-24(14-12-23)29-9-4-5-10-30(29)33(36)37)22(3)28-16-15-25(19-31(28)21(20)2)32(35)34-27-7-6-8-27/h4-5,9-16,19,22,26-27,32,34-35H,6-8,17-18H2,1-3H3,(H,36,37). The van der Waals surface area contributed by atoms with Gasteiger partial charge in [0, 0.05) is 6.04 Å². The number of fused-ring (bicyclic) bond motifs is 1. The van der Waals surface area contributed by atoms with Crippen LogP contribution in [0.25, 0.3) is 16.7 Å². The Kier molecular flexibility index (Phi) is 7.32. The van der Waals surface area contributed by atoms with Crippen LogP contribution >= 0.6 is 0 Å². The van der Waals surface area contributed by atoms with Crippen molar-refractivity contribution in [3.8, 4) is 11.1 Å². The summed E-state index contributed by atoms with van der Waals surface area (Å²) in [5.41, 5.74) is 9.55. The first kappa shape index (κ1) is 25.4. The van der Waals surface area contributed by atoms with Crippen LogP contribution in [-0.2, 0) is 6.42 Å². The first-order valence-electron chi connectivity index (χ1n) is 13.5. The molecular weight excluding hydrogens is 458 g/mol. The summed E-state index contributed by atoms with van der Waals surface area (Å²) in [7, 11) is 0. The topological polar surface area (TPSA) is 69.6 Å². The Bertz CT molecular complexity index is 1320. The lowest BCUT2D eigenvalue weighted by atomic mass is 9.80. The first-order valence-corrected chi connectivity index (χ1v) is 13.5. The quantitative estimate of drug-likeness (QED) is 0.300. The van der Waals surface area contributed by atoms with E-state index in [-0.39, 0.29) is 0 Å². The molecule has 4 heteroatoms. The molecule has 37 heavy (non-hydrogen) atoms. The number of rotatable bonds is 7. The van der Waals surface area contributed by atoms with Crippen molar-refractivity contribution in [2.75, 3.05) is 0 Å². The average Bonchev–Trinajstić information content (AvgIpc) is 2.97. The zero-order valence-electron chi connectivity index (χ0n) is 22.0. The summed E-state index contributed by atoms with van der Waals surface area (Å²) in [5.74, 6) is -0.0735. The fourth-order valence-corrected chi connectivity index (χ4v) is 5.86. The Morgan fingerprint density at radius 3 is 2.41 bits per heavy atom. The van der Waals surface area contributed by atoms with Gasteiger partial charge in [-0.2, -0.15) is 0 Å². The molecule has 0 spiro atoms. The van der Waals surface area contributed by atoms with Gasteiger partial charge in [0.15, 0.2) is 0 Å². The first-order chi connectivity index (χ1) is 17.8. The largest absolute Gasteiger partial charge is 0.478 e. The predicted molar refractivity (Wildman–Crippen MR) is 150 cm³/mol. The maximum absolute atomic E-state index is 11.7. The van der Waals surface area contributed by atoms with E-state index in [0.29, 0.717) is 23.4 Å². The van der Waals surface area contributed by atoms with E-state index < -0.39 is 12.2 Å². The number of hydrogen-bond donors (Lipinski definition) is 3. The molecule has 3 N–H and O–H groups in total. The Labute approximate surface area is 220 Å². The minimum absolute atomic E-state index is 0.327. The van der Waals surface area contributed by atoms with E-state index in [0.717, 1.165) is 42.4 Å². The molecule has 3 aromatic rings. The van der Waals surface area contributed by atoms with Crippen LogP contribution in [0.1, 0.15) is 91.2 Å². The van der Waals surface area contributed by atoms with Crippen molar-refractivity contribution < 1.29 is 15.0 Å². The summed E-state index contributed by atoms with van der Waals surface area (Å²) in [5, 5.41) is 23.7. The highest BCUT2D eigenvalue weighted by Gasteiger charge is 2.28. The molecule has 1 fully saturated rings. The highest BCUT2D eigenvalue weighted by molar-refractivity contribution is 5.96. The average molecular weight is 496 g/mol. The Morgan fingerprint density at radius 1 is 1.00 bits per heavy atom. The van der Waals surface area contributed by atoms with Crippen molar-refractivity contribution in [3.63, 3.8) is 0 Å². The van der Waals surface area contributed by atoms with E-state index >= 15 is 0 Å². The molecule has 3 aromatic carbocycles. The third-order valence-electron chi connectivity index (χ3n) is 8.62. The summed E-state index contributed by atoms with van der Waals surface area (Å²) in [6.45, 7) is 6.79. The van der Waals surface area contributed by atoms with Gasteiger partial charge in [0.2, 0.25) is 0 Å². The minimum Gasteiger partial charge on any atom is -0.478 e. The van der Waals surface area contributed by atoms with Crippen LogP contribution in [0.15, 0.2) is 72.3 Å². The number of carbonyl (C=O) groups is 1. The van der Waals surface area contributed by atoms with Crippen LogP contribution in [0.4, 0.5) is 0 Å². The van der Waals surface area contributed by atoms with Crippen LogP contribution in [0.3, 0.4) is 0 Å². The van der Waals surface area contributed by atoms with E-state index in [2.05, 4.69) is 56.4 Å². The van der Waals surface area contributed by atoms with Gasteiger partial charge in [0.25, 0.3) is 0 Å². The molecule has 3 atom stereocenters. The van der Waals surface area contributed by atoms with Crippen LogP contribution in [-0.4, -0.2) is 22.2 Å². The second-order valence-electron chi connectivity index (χ2n) is 11.0. The van der Waals surface area contributed by atoms with Crippen molar-refractivity contribution >= 4 is 11.5 Å². The number of carboxylic acids is 1. The molecule has 2 aliphatic carbocycles. The Balaban J connectivity index is 1.37. The van der Waals surface area contributed by atoms with Crippen LogP contribution in [0.2, 0.25) is 0 Å². The Hall–Kier alpha value is -3.21. The monoisotopic (exact) mass is 495 g/mol. The molecule has 0 radical (unpaired) electrons. The molecule has 5 rings (SSSR count). The third-order valence-corrected chi connectivity index (χ3v) is 8.62. The normalized spacial score (nSPS) is 20.6. The van der Waals surface area contributed by atoms with E-state index in [9.17, 15) is 15.0 Å². The zero-order chi connectivity index (χ0) is 26.1. The van der Waals surface area contributed by atoms with E-state index in [1.54, 1.807) is 12.1 Å². The van der Waals surface area contributed by atoms with E-state index in [1.807, 2.05) is 24.3 Å². The number of nitrogens with one attached hydrogen (secondary N) is 1. The van der Waals surface area contributed by atoms with Crippen molar-refractivity contribution in [1.29, 1.82) is 0 Å². The lowest BCUT2D eigenvalue weighted by Gasteiger charge is -2.30. The SMILES string of the molecule is CC1=C(C)c2cc(C(O)NC3CCC3)ccc2C(C)C(Cc2ccc(-c3ccccc3C(=O)O)cc2)C1.